The summed E-state index contributed by atoms with van der Waals surface area (Å²) in [6.45, 7) is -0.0862. The molecule has 0 radical (unpaired) electrons. The molecule has 0 amide bonds. The summed E-state index contributed by atoms with van der Waals surface area (Å²) in [4.78, 5) is 1.06. The van der Waals surface area contributed by atoms with E-state index in [9.17, 15) is 0 Å². The molecular weight excluding hydrogens is 198 g/mol. The molecule has 0 fully saturated rings. The van der Waals surface area contributed by atoms with Crippen LogP contribution in [0.5, 0.6) is 0 Å². The van der Waals surface area contributed by atoms with Gasteiger partial charge in [0.15, 0.2) is 0 Å². The average molecular weight is 209 g/mol. The van der Waals surface area contributed by atoms with E-state index in [1.54, 1.807) is 23.5 Å². The molecule has 3 N–H and O–H groups in total. The van der Waals surface area contributed by atoms with Gasteiger partial charge in [0.1, 0.15) is 18.1 Å². The Morgan fingerprint density at radius 2 is 2.29 bits per heavy atom. The number of rotatable bonds is 3. The smallest absolute Gasteiger partial charge is 0.129 e. The van der Waals surface area contributed by atoms with Crippen LogP contribution < -0.4 is 5.73 Å². The second kappa shape index (κ2) is 3.96. The van der Waals surface area contributed by atoms with Crippen molar-refractivity contribution < 1.29 is 9.52 Å². The number of aliphatic hydroxyl groups excluding tert-OH is 1. The molecule has 74 valence electrons. The zero-order valence-electron chi connectivity index (χ0n) is 7.51. The van der Waals surface area contributed by atoms with Gasteiger partial charge in [-0.25, -0.2) is 0 Å². The van der Waals surface area contributed by atoms with Gasteiger partial charge in [-0.05, 0) is 23.6 Å². The summed E-state index contributed by atoms with van der Waals surface area (Å²) in [5.74, 6) is 1.24. The first-order valence-corrected chi connectivity index (χ1v) is 5.17. The fraction of sp³-hybridized carbons (Fsp3) is 0.200. The van der Waals surface area contributed by atoms with Crippen LogP contribution in [0.25, 0.3) is 0 Å². The van der Waals surface area contributed by atoms with Gasteiger partial charge in [-0.15, -0.1) is 11.3 Å². The zero-order chi connectivity index (χ0) is 9.97. The summed E-state index contributed by atoms with van der Waals surface area (Å²) in [6.07, 6.45) is 0. The lowest BCUT2D eigenvalue weighted by Gasteiger charge is -2.04. The Labute approximate surface area is 85.8 Å². The van der Waals surface area contributed by atoms with E-state index in [2.05, 4.69) is 0 Å². The van der Waals surface area contributed by atoms with Gasteiger partial charge in [0.25, 0.3) is 0 Å². The fourth-order valence-electron chi connectivity index (χ4n) is 1.26. The van der Waals surface area contributed by atoms with Crippen LogP contribution >= 0.6 is 11.3 Å². The van der Waals surface area contributed by atoms with Crippen molar-refractivity contribution in [1.82, 2.24) is 0 Å². The van der Waals surface area contributed by atoms with Crippen LogP contribution in [0.1, 0.15) is 22.4 Å². The molecule has 2 rings (SSSR count). The predicted octanol–water partition coefficient (Wildman–Crippen LogP) is 1.88. The molecule has 0 spiro atoms. The Kier molecular flexibility index (Phi) is 2.67. The highest BCUT2D eigenvalue weighted by molar-refractivity contribution is 7.10. The van der Waals surface area contributed by atoms with Crippen molar-refractivity contribution in [2.75, 3.05) is 0 Å². The minimum atomic E-state index is -0.227. The highest BCUT2D eigenvalue weighted by Gasteiger charge is 2.13. The number of hydrogen-bond acceptors (Lipinski definition) is 4. The monoisotopic (exact) mass is 209 g/mol. The van der Waals surface area contributed by atoms with Crippen LogP contribution in [0, 0.1) is 0 Å². The van der Waals surface area contributed by atoms with Crippen LogP contribution in [-0.4, -0.2) is 5.11 Å². The van der Waals surface area contributed by atoms with Crippen LogP contribution in [0.15, 0.2) is 34.1 Å². The lowest BCUT2D eigenvalue weighted by Crippen LogP contribution is -2.08. The lowest BCUT2D eigenvalue weighted by atomic mass is 10.2. The largest absolute Gasteiger partial charge is 0.462 e. The molecule has 4 heteroatoms. The van der Waals surface area contributed by atoms with Crippen molar-refractivity contribution in [3.05, 3.63) is 46.0 Å². The van der Waals surface area contributed by atoms with Crippen LogP contribution in [0.2, 0.25) is 0 Å². The summed E-state index contributed by atoms with van der Waals surface area (Å²) in [5.41, 5.74) is 5.96. The van der Waals surface area contributed by atoms with Gasteiger partial charge < -0.3 is 15.3 Å². The zero-order valence-corrected chi connectivity index (χ0v) is 8.33. The van der Waals surface area contributed by atoms with Gasteiger partial charge in [0, 0.05) is 4.88 Å². The van der Waals surface area contributed by atoms with E-state index in [4.69, 9.17) is 15.3 Å². The lowest BCUT2D eigenvalue weighted by molar-refractivity contribution is 0.242. The van der Waals surface area contributed by atoms with Gasteiger partial charge >= 0.3 is 0 Å². The Bertz CT molecular complexity index is 394. The fourth-order valence-corrected chi connectivity index (χ4v) is 1.99. The van der Waals surface area contributed by atoms with Gasteiger partial charge in [-0.1, -0.05) is 6.07 Å². The highest BCUT2D eigenvalue weighted by Crippen LogP contribution is 2.25. The quantitative estimate of drug-likeness (QED) is 0.811. The molecule has 2 aromatic rings. The Morgan fingerprint density at radius 3 is 2.86 bits per heavy atom. The van der Waals surface area contributed by atoms with Crippen molar-refractivity contribution in [2.45, 2.75) is 12.6 Å². The Hall–Kier alpha value is -1.10. The maximum atomic E-state index is 8.83. The third-order valence-electron chi connectivity index (χ3n) is 1.99. The predicted molar refractivity (Wildman–Crippen MR) is 55.0 cm³/mol. The van der Waals surface area contributed by atoms with Crippen LogP contribution in [0.4, 0.5) is 0 Å². The normalized spacial score (nSPS) is 13.0. The molecule has 14 heavy (non-hydrogen) atoms. The van der Waals surface area contributed by atoms with Crippen LogP contribution in [-0.2, 0) is 6.61 Å². The third kappa shape index (κ3) is 1.72. The molecule has 0 aliphatic rings. The first-order chi connectivity index (χ1) is 6.81. The van der Waals surface area contributed by atoms with E-state index in [1.807, 2.05) is 17.5 Å². The summed E-state index contributed by atoms with van der Waals surface area (Å²) in [7, 11) is 0. The van der Waals surface area contributed by atoms with Crippen LogP contribution in [0.3, 0.4) is 0 Å². The maximum absolute atomic E-state index is 8.83. The van der Waals surface area contributed by atoms with Gasteiger partial charge in [0.05, 0.1) is 6.04 Å². The third-order valence-corrected chi connectivity index (χ3v) is 2.95. The van der Waals surface area contributed by atoms with Crippen molar-refractivity contribution in [2.24, 2.45) is 5.73 Å². The van der Waals surface area contributed by atoms with E-state index in [1.165, 1.54) is 0 Å². The van der Waals surface area contributed by atoms with E-state index < -0.39 is 0 Å². The standard InChI is InChI=1S/C10H11NO2S/c11-10(9-2-1-5-14-9)8-4-3-7(6-12)13-8/h1-5,10,12H,6,11H2/t10-/m1/s1. The molecule has 0 aliphatic carbocycles. The highest BCUT2D eigenvalue weighted by atomic mass is 32.1. The molecule has 2 aromatic heterocycles. The first-order valence-electron chi connectivity index (χ1n) is 4.29. The topological polar surface area (TPSA) is 59.4 Å². The van der Waals surface area contributed by atoms with E-state index in [-0.39, 0.29) is 12.6 Å². The minimum Gasteiger partial charge on any atom is -0.462 e. The van der Waals surface area contributed by atoms with Gasteiger partial charge in [-0.3, -0.25) is 0 Å². The number of thiophene rings is 1. The summed E-state index contributed by atoms with van der Waals surface area (Å²) >= 11 is 1.60. The summed E-state index contributed by atoms with van der Waals surface area (Å²) in [5, 5.41) is 10.8. The number of hydrogen-bond donors (Lipinski definition) is 2. The average Bonchev–Trinajstić information content (AvgIpc) is 2.88. The first kappa shape index (κ1) is 9.45. The van der Waals surface area contributed by atoms with Gasteiger partial charge in [-0.2, -0.15) is 0 Å². The maximum Gasteiger partial charge on any atom is 0.129 e. The molecule has 2 heterocycles. The van der Waals surface area contributed by atoms with E-state index >= 15 is 0 Å². The van der Waals surface area contributed by atoms with Crippen molar-refractivity contribution >= 4 is 11.3 Å². The van der Waals surface area contributed by atoms with Gasteiger partial charge in [0.2, 0.25) is 0 Å². The molecular formula is C10H11NO2S. The van der Waals surface area contributed by atoms with E-state index in [0.717, 1.165) is 4.88 Å². The Morgan fingerprint density at radius 1 is 1.43 bits per heavy atom. The summed E-state index contributed by atoms with van der Waals surface area (Å²) < 4.78 is 5.35. The molecule has 3 nitrogen and oxygen atoms in total. The Balaban J connectivity index is 2.23. The second-order valence-electron chi connectivity index (χ2n) is 2.96. The molecule has 0 saturated heterocycles. The number of nitrogens with two attached hydrogens (primary N) is 1. The van der Waals surface area contributed by atoms with Crippen molar-refractivity contribution in [3.63, 3.8) is 0 Å². The second-order valence-corrected chi connectivity index (χ2v) is 3.93. The molecule has 0 aliphatic heterocycles. The van der Waals surface area contributed by atoms with E-state index in [0.29, 0.717) is 11.5 Å². The molecule has 0 unspecified atom stereocenters. The molecule has 0 saturated carbocycles. The van der Waals surface area contributed by atoms with Crippen molar-refractivity contribution in [3.8, 4) is 0 Å². The number of aliphatic hydroxyl groups is 1. The molecule has 1 atom stereocenters. The SMILES string of the molecule is N[C@H](c1ccc(CO)o1)c1cccs1. The summed E-state index contributed by atoms with van der Waals surface area (Å²) in [6, 6.07) is 7.24. The van der Waals surface area contributed by atoms with Crippen molar-refractivity contribution in [1.29, 1.82) is 0 Å². The molecule has 0 bridgehead atoms. The molecule has 0 aromatic carbocycles. The number of furan rings is 1. The minimum absolute atomic E-state index is 0.0862.